The second-order valence-corrected chi connectivity index (χ2v) is 16.4. The number of carbonyl (C=O) groups is 2. The van der Waals surface area contributed by atoms with Gasteiger partial charge in [0, 0.05) is 41.3 Å². The maximum atomic E-state index is 12.6. The number of benzene rings is 2. The first kappa shape index (κ1) is 36.6. The monoisotopic (exact) mass is 687 g/mol. The summed E-state index contributed by atoms with van der Waals surface area (Å²) in [5.74, 6) is 0.116. The largest absolute Gasteiger partial charge is 0.478 e. The Hall–Kier alpha value is -3.63. The van der Waals surface area contributed by atoms with Gasteiger partial charge in [-0.2, -0.15) is 0 Å². The summed E-state index contributed by atoms with van der Waals surface area (Å²) in [6, 6.07) is 16.1. The fourth-order valence-corrected chi connectivity index (χ4v) is 7.94. The number of hydrogen-bond donors (Lipinski definition) is 3. The fraction of sp³-hybridized carbons (Fsp3) is 0.538. The Morgan fingerprint density at radius 1 is 1.04 bits per heavy atom. The number of aromatic carboxylic acids is 1. The van der Waals surface area contributed by atoms with Crippen molar-refractivity contribution < 1.29 is 19.4 Å². The van der Waals surface area contributed by atoms with Gasteiger partial charge in [0.05, 0.1) is 11.3 Å². The van der Waals surface area contributed by atoms with Gasteiger partial charge in [-0.1, -0.05) is 38.1 Å². The number of amides is 1. The number of nitrogens with zero attached hydrogens (tertiary/aromatic N) is 3. The number of likely N-dealkylation sites (tertiary alicyclic amines) is 1. The summed E-state index contributed by atoms with van der Waals surface area (Å²) in [6.07, 6.45) is 7.05. The SMILES string of the molecule is Cc1cccc(C)c1-c1cc(CC[C@@H](CC(C)C)NC2CC3(CCN(C(=O)OC(C)(C)C)CC3)C2)nc(NSc2cccc(C(=O)O)c2)n1. The van der Waals surface area contributed by atoms with E-state index in [2.05, 4.69) is 62.0 Å². The molecular formula is C39H53N5O4S. The molecule has 10 heteroatoms. The van der Waals surface area contributed by atoms with E-state index in [9.17, 15) is 14.7 Å². The van der Waals surface area contributed by atoms with Gasteiger partial charge in [-0.3, -0.25) is 4.72 Å². The molecular weight excluding hydrogens is 635 g/mol. The van der Waals surface area contributed by atoms with Crippen LogP contribution in [0.2, 0.25) is 0 Å². The number of aryl methyl sites for hydroxylation is 3. The number of anilines is 1. The third kappa shape index (κ3) is 9.97. The Labute approximate surface area is 296 Å². The molecule has 2 aliphatic rings. The highest BCUT2D eigenvalue weighted by molar-refractivity contribution is 8.00. The Balaban J connectivity index is 1.25. The lowest BCUT2D eigenvalue weighted by Gasteiger charge is -2.53. The number of hydrogen-bond acceptors (Lipinski definition) is 8. The summed E-state index contributed by atoms with van der Waals surface area (Å²) in [6.45, 7) is 16.1. The van der Waals surface area contributed by atoms with Gasteiger partial charge in [0.15, 0.2) is 0 Å². The predicted molar refractivity (Wildman–Crippen MR) is 197 cm³/mol. The number of ether oxygens (including phenoxy) is 1. The summed E-state index contributed by atoms with van der Waals surface area (Å²) in [5, 5.41) is 13.4. The smallest absolute Gasteiger partial charge is 0.410 e. The fourth-order valence-electron chi connectivity index (χ4n) is 7.31. The van der Waals surface area contributed by atoms with E-state index in [0.717, 1.165) is 91.0 Å². The van der Waals surface area contributed by atoms with E-state index in [4.69, 9.17) is 14.7 Å². The Morgan fingerprint density at radius 3 is 2.35 bits per heavy atom. The minimum atomic E-state index is -0.955. The highest BCUT2D eigenvalue weighted by Gasteiger charge is 2.47. The second kappa shape index (κ2) is 15.5. The standard InChI is InChI=1S/C39H53N5O4S/c1-25(2)20-29(40-31-23-39(24-31)16-18-44(19-17-39)37(47)48-38(5,6)7)14-15-30-22-33(34-26(3)10-8-11-27(34)4)42-36(41-30)43-49-32-13-9-12-28(21-32)35(45)46/h8-13,21-22,25,29,31,40H,14-20,23-24H2,1-7H3,(H,45,46)(H,41,42,43)/t29-/m0/s1. The van der Waals surface area contributed by atoms with Gasteiger partial charge in [0.2, 0.25) is 5.95 Å². The third-order valence-electron chi connectivity index (χ3n) is 9.67. The molecule has 1 saturated heterocycles. The molecule has 3 N–H and O–H groups in total. The Kier molecular flexibility index (Phi) is 11.6. The first-order valence-electron chi connectivity index (χ1n) is 17.6. The molecule has 1 amide bonds. The minimum Gasteiger partial charge on any atom is -0.478 e. The van der Waals surface area contributed by atoms with E-state index >= 15 is 0 Å². The Morgan fingerprint density at radius 2 is 1.71 bits per heavy atom. The van der Waals surface area contributed by atoms with E-state index in [1.165, 1.54) is 11.9 Å². The molecule has 1 aromatic heterocycles. The lowest BCUT2D eigenvalue weighted by molar-refractivity contribution is -0.0184. The van der Waals surface area contributed by atoms with Gasteiger partial charge >= 0.3 is 12.1 Å². The van der Waals surface area contributed by atoms with Gasteiger partial charge in [-0.25, -0.2) is 19.6 Å². The number of piperidine rings is 1. The molecule has 2 aromatic carbocycles. The Bertz CT molecular complexity index is 1600. The number of rotatable bonds is 12. The molecule has 5 rings (SSSR count). The summed E-state index contributed by atoms with van der Waals surface area (Å²) in [5.41, 5.74) is 5.39. The molecule has 0 bridgehead atoms. The normalized spacial score (nSPS) is 16.8. The van der Waals surface area contributed by atoms with E-state index in [1.54, 1.807) is 18.2 Å². The molecule has 2 fully saturated rings. The lowest BCUT2D eigenvalue weighted by Crippen LogP contribution is -2.56. The number of carboxylic acids is 1. The van der Waals surface area contributed by atoms with Crippen molar-refractivity contribution in [2.24, 2.45) is 11.3 Å². The van der Waals surface area contributed by atoms with Crippen LogP contribution in [-0.2, 0) is 11.2 Å². The molecule has 1 spiro atoms. The summed E-state index contributed by atoms with van der Waals surface area (Å²) < 4.78 is 8.90. The van der Waals surface area contributed by atoms with Crippen molar-refractivity contribution in [1.29, 1.82) is 0 Å². The van der Waals surface area contributed by atoms with E-state index in [0.29, 0.717) is 29.4 Å². The van der Waals surface area contributed by atoms with Crippen LogP contribution in [0, 0.1) is 25.2 Å². The van der Waals surface area contributed by atoms with Crippen molar-refractivity contribution in [2.45, 2.75) is 116 Å². The average Bonchev–Trinajstić information content (AvgIpc) is 3.01. The minimum absolute atomic E-state index is 0.192. The molecule has 0 radical (unpaired) electrons. The second-order valence-electron chi connectivity index (χ2n) is 15.5. The van der Waals surface area contributed by atoms with Crippen LogP contribution in [0.1, 0.15) is 100 Å². The third-order valence-corrected chi connectivity index (χ3v) is 10.4. The maximum absolute atomic E-state index is 12.6. The van der Waals surface area contributed by atoms with Gasteiger partial charge in [-0.15, -0.1) is 0 Å². The zero-order chi connectivity index (χ0) is 35.3. The first-order chi connectivity index (χ1) is 23.2. The van der Waals surface area contributed by atoms with Crippen LogP contribution in [0.3, 0.4) is 0 Å². The van der Waals surface area contributed by atoms with E-state index in [1.807, 2.05) is 31.7 Å². The molecule has 49 heavy (non-hydrogen) atoms. The molecule has 1 atom stereocenters. The number of carbonyl (C=O) groups excluding carboxylic acids is 1. The number of nitrogens with one attached hydrogen (secondary N) is 2. The molecule has 1 aliphatic heterocycles. The first-order valence-corrected chi connectivity index (χ1v) is 18.4. The molecule has 0 unspecified atom stereocenters. The quantitative estimate of drug-likeness (QED) is 0.161. The zero-order valence-electron chi connectivity index (χ0n) is 30.1. The van der Waals surface area contributed by atoms with Crippen molar-refractivity contribution in [3.63, 3.8) is 0 Å². The van der Waals surface area contributed by atoms with Gasteiger partial charge in [0.25, 0.3) is 0 Å². The van der Waals surface area contributed by atoms with Crippen molar-refractivity contribution >= 4 is 30.0 Å². The van der Waals surface area contributed by atoms with Crippen LogP contribution in [0.25, 0.3) is 11.3 Å². The van der Waals surface area contributed by atoms with Crippen LogP contribution >= 0.6 is 11.9 Å². The van der Waals surface area contributed by atoms with Gasteiger partial charge < -0.3 is 20.1 Å². The van der Waals surface area contributed by atoms with Crippen LogP contribution in [0.15, 0.2) is 53.4 Å². The number of aromatic nitrogens is 2. The van der Waals surface area contributed by atoms with Crippen LogP contribution in [0.5, 0.6) is 0 Å². The van der Waals surface area contributed by atoms with Crippen molar-refractivity contribution in [3.8, 4) is 11.3 Å². The topological polar surface area (TPSA) is 117 Å². The van der Waals surface area contributed by atoms with E-state index in [-0.39, 0.29) is 11.7 Å². The average molecular weight is 688 g/mol. The van der Waals surface area contributed by atoms with Gasteiger partial charge in [-0.05, 0) is 138 Å². The summed E-state index contributed by atoms with van der Waals surface area (Å²) in [7, 11) is 0. The molecule has 1 aliphatic carbocycles. The highest BCUT2D eigenvalue weighted by atomic mass is 32.2. The van der Waals surface area contributed by atoms with Gasteiger partial charge in [0.1, 0.15) is 5.60 Å². The lowest BCUT2D eigenvalue weighted by atomic mass is 9.60. The van der Waals surface area contributed by atoms with Crippen molar-refractivity contribution in [1.82, 2.24) is 20.2 Å². The van der Waals surface area contributed by atoms with Crippen molar-refractivity contribution in [2.75, 3.05) is 17.8 Å². The molecule has 1 saturated carbocycles. The maximum Gasteiger partial charge on any atom is 0.410 e. The number of carboxylic acid groups (broad SMARTS) is 1. The summed E-state index contributed by atoms with van der Waals surface area (Å²) in [4.78, 5) is 36.6. The predicted octanol–water partition coefficient (Wildman–Crippen LogP) is 8.69. The van der Waals surface area contributed by atoms with Crippen LogP contribution < -0.4 is 10.0 Å². The molecule has 264 valence electrons. The van der Waals surface area contributed by atoms with E-state index < -0.39 is 11.6 Å². The van der Waals surface area contributed by atoms with Crippen molar-refractivity contribution in [3.05, 3.63) is 70.9 Å². The highest BCUT2D eigenvalue weighted by Crippen LogP contribution is 2.49. The molecule has 2 heterocycles. The zero-order valence-corrected chi connectivity index (χ0v) is 31.0. The molecule has 3 aromatic rings. The van der Waals surface area contributed by atoms with Crippen LogP contribution in [0.4, 0.5) is 10.7 Å². The van der Waals surface area contributed by atoms with Crippen LogP contribution in [-0.4, -0.2) is 62.8 Å². The summed E-state index contributed by atoms with van der Waals surface area (Å²) >= 11 is 1.31. The molecule has 9 nitrogen and oxygen atoms in total.